The van der Waals surface area contributed by atoms with Crippen LogP contribution < -0.4 is 11.1 Å². The van der Waals surface area contributed by atoms with Crippen LogP contribution in [0.4, 0.5) is 17.6 Å². The summed E-state index contributed by atoms with van der Waals surface area (Å²) in [6.45, 7) is 10.1. The predicted molar refractivity (Wildman–Crippen MR) is 101 cm³/mol. The summed E-state index contributed by atoms with van der Waals surface area (Å²) in [5, 5.41) is 3.85. The zero-order valence-corrected chi connectivity index (χ0v) is 15.4. The second kappa shape index (κ2) is 7.95. The first-order valence-corrected chi connectivity index (χ1v) is 8.89. The Kier molecular flexibility index (Phi) is 5.67. The van der Waals surface area contributed by atoms with E-state index in [0.717, 1.165) is 44.0 Å². The summed E-state index contributed by atoms with van der Waals surface area (Å²) < 4.78 is 0. The van der Waals surface area contributed by atoms with Crippen LogP contribution in [-0.4, -0.2) is 57.5 Å². The molecule has 0 bridgehead atoms. The van der Waals surface area contributed by atoms with E-state index >= 15 is 0 Å². The average molecular weight is 362 g/mol. The summed E-state index contributed by atoms with van der Waals surface area (Å²) in [5.41, 5.74) is 7.71. The number of aromatic nitrogens is 3. The van der Waals surface area contributed by atoms with Gasteiger partial charge in [-0.1, -0.05) is 24.6 Å². The highest BCUT2D eigenvalue weighted by molar-refractivity contribution is 6.31. The third kappa shape index (κ3) is 4.78. The molecule has 0 spiro atoms. The monoisotopic (exact) mass is 361 g/mol. The first-order chi connectivity index (χ1) is 12.0. The van der Waals surface area contributed by atoms with Crippen molar-refractivity contribution in [2.45, 2.75) is 20.4 Å². The van der Waals surface area contributed by atoms with Crippen molar-refractivity contribution in [3.05, 3.63) is 34.6 Å². The number of likely N-dealkylation sites (N-methyl/N-ethyl adjacent to an activating group) is 1. The van der Waals surface area contributed by atoms with Gasteiger partial charge in [0.15, 0.2) is 0 Å². The van der Waals surface area contributed by atoms with Crippen molar-refractivity contribution in [1.29, 1.82) is 0 Å². The standard InChI is InChI=1S/C17H24ClN7/c1-3-24-6-8-25(9-7-24)11-15-21-16(19)23-17(22-15)20-13-5-4-12(2)14(18)10-13/h4-5,10H,3,6-9,11H2,1-2H3,(H3,19,20,21,22,23). The fourth-order valence-corrected chi connectivity index (χ4v) is 3.01. The van der Waals surface area contributed by atoms with E-state index in [-0.39, 0.29) is 5.95 Å². The SMILES string of the molecule is CCN1CCN(Cc2nc(N)nc(Nc3ccc(C)c(Cl)c3)n2)CC1. The zero-order valence-electron chi connectivity index (χ0n) is 14.7. The van der Waals surface area contributed by atoms with Gasteiger partial charge in [-0.05, 0) is 31.2 Å². The van der Waals surface area contributed by atoms with E-state index < -0.39 is 0 Å². The van der Waals surface area contributed by atoms with Gasteiger partial charge in [0, 0.05) is 36.9 Å². The molecule has 2 heterocycles. The van der Waals surface area contributed by atoms with Gasteiger partial charge in [-0.25, -0.2) is 0 Å². The lowest BCUT2D eigenvalue weighted by Gasteiger charge is -2.33. The number of hydrogen-bond acceptors (Lipinski definition) is 7. The van der Waals surface area contributed by atoms with Crippen LogP contribution in [-0.2, 0) is 6.54 Å². The molecule has 0 atom stereocenters. The molecule has 7 nitrogen and oxygen atoms in total. The van der Waals surface area contributed by atoms with Gasteiger partial charge in [0.1, 0.15) is 5.82 Å². The molecule has 0 unspecified atom stereocenters. The number of nitrogens with zero attached hydrogens (tertiary/aromatic N) is 5. The number of halogens is 1. The Balaban J connectivity index is 1.69. The molecule has 1 aromatic heterocycles. The van der Waals surface area contributed by atoms with Crippen LogP contribution in [0.5, 0.6) is 0 Å². The second-order valence-electron chi connectivity index (χ2n) is 6.23. The maximum Gasteiger partial charge on any atom is 0.232 e. The molecule has 0 saturated carbocycles. The summed E-state index contributed by atoms with van der Waals surface area (Å²) in [6.07, 6.45) is 0. The quantitative estimate of drug-likeness (QED) is 0.845. The zero-order chi connectivity index (χ0) is 17.8. The molecule has 0 radical (unpaired) electrons. The molecule has 3 N–H and O–H groups in total. The summed E-state index contributed by atoms with van der Waals surface area (Å²) in [7, 11) is 0. The number of nitrogen functional groups attached to an aromatic ring is 1. The first kappa shape index (κ1) is 17.8. The number of benzene rings is 1. The molecule has 134 valence electrons. The maximum atomic E-state index is 6.17. The molecule has 0 aliphatic carbocycles. The van der Waals surface area contributed by atoms with Crippen LogP contribution in [0.25, 0.3) is 0 Å². The summed E-state index contributed by atoms with van der Waals surface area (Å²) in [4.78, 5) is 17.7. The van der Waals surface area contributed by atoms with Crippen molar-refractivity contribution in [2.24, 2.45) is 0 Å². The number of rotatable bonds is 5. The molecule has 1 saturated heterocycles. The Morgan fingerprint density at radius 2 is 1.84 bits per heavy atom. The first-order valence-electron chi connectivity index (χ1n) is 8.52. The number of hydrogen-bond donors (Lipinski definition) is 2. The number of nitrogens with two attached hydrogens (primary N) is 1. The second-order valence-corrected chi connectivity index (χ2v) is 6.64. The molecule has 1 fully saturated rings. The minimum Gasteiger partial charge on any atom is -0.368 e. The normalized spacial score (nSPS) is 16.1. The van der Waals surface area contributed by atoms with E-state index in [9.17, 15) is 0 Å². The molecule has 1 aromatic carbocycles. The lowest BCUT2D eigenvalue weighted by molar-refractivity contribution is 0.129. The molecule has 1 aliphatic rings. The molecule has 1 aliphatic heterocycles. The van der Waals surface area contributed by atoms with E-state index in [0.29, 0.717) is 23.3 Å². The van der Waals surface area contributed by atoms with E-state index in [2.05, 4.69) is 37.0 Å². The average Bonchev–Trinajstić information content (AvgIpc) is 2.58. The Labute approximate surface area is 153 Å². The Morgan fingerprint density at radius 1 is 1.12 bits per heavy atom. The summed E-state index contributed by atoms with van der Waals surface area (Å²) >= 11 is 6.17. The third-order valence-electron chi connectivity index (χ3n) is 4.40. The van der Waals surface area contributed by atoms with Crippen LogP contribution in [0.2, 0.25) is 5.02 Å². The van der Waals surface area contributed by atoms with Crippen molar-refractivity contribution in [1.82, 2.24) is 24.8 Å². The Morgan fingerprint density at radius 3 is 2.52 bits per heavy atom. The van der Waals surface area contributed by atoms with Gasteiger partial charge in [-0.15, -0.1) is 0 Å². The van der Waals surface area contributed by atoms with Crippen molar-refractivity contribution >= 4 is 29.2 Å². The van der Waals surface area contributed by atoms with Crippen molar-refractivity contribution in [3.63, 3.8) is 0 Å². The lowest BCUT2D eigenvalue weighted by Crippen LogP contribution is -2.45. The van der Waals surface area contributed by atoms with E-state index in [1.807, 2.05) is 25.1 Å². The molecule has 25 heavy (non-hydrogen) atoms. The fraction of sp³-hybridized carbons (Fsp3) is 0.471. The van der Waals surface area contributed by atoms with Gasteiger partial charge in [-0.3, -0.25) is 4.90 Å². The van der Waals surface area contributed by atoms with Crippen LogP contribution in [0.1, 0.15) is 18.3 Å². The number of anilines is 3. The predicted octanol–water partition coefficient (Wildman–Crippen LogP) is 2.30. The van der Waals surface area contributed by atoms with Crippen molar-refractivity contribution < 1.29 is 0 Å². The number of nitrogens with one attached hydrogen (secondary N) is 1. The Hall–Kier alpha value is -1.96. The topological polar surface area (TPSA) is 83.2 Å². The van der Waals surface area contributed by atoms with Gasteiger partial charge >= 0.3 is 0 Å². The molecule has 0 amide bonds. The minimum absolute atomic E-state index is 0.220. The third-order valence-corrected chi connectivity index (χ3v) is 4.81. The highest BCUT2D eigenvalue weighted by Crippen LogP contribution is 2.22. The minimum atomic E-state index is 0.220. The smallest absolute Gasteiger partial charge is 0.232 e. The number of aryl methyl sites for hydroxylation is 1. The highest BCUT2D eigenvalue weighted by Gasteiger charge is 2.17. The Bertz CT molecular complexity index is 729. The lowest BCUT2D eigenvalue weighted by atomic mass is 10.2. The van der Waals surface area contributed by atoms with Gasteiger partial charge in [-0.2, -0.15) is 15.0 Å². The number of piperazine rings is 1. The summed E-state index contributed by atoms with van der Waals surface area (Å²) in [6, 6.07) is 5.73. The molecular weight excluding hydrogens is 338 g/mol. The largest absolute Gasteiger partial charge is 0.368 e. The molecule has 3 rings (SSSR count). The van der Waals surface area contributed by atoms with Crippen molar-refractivity contribution in [2.75, 3.05) is 43.8 Å². The van der Waals surface area contributed by atoms with Crippen LogP contribution in [0, 0.1) is 6.92 Å². The highest BCUT2D eigenvalue weighted by atomic mass is 35.5. The van der Waals surface area contributed by atoms with Crippen LogP contribution in [0.15, 0.2) is 18.2 Å². The van der Waals surface area contributed by atoms with E-state index in [4.69, 9.17) is 17.3 Å². The molecular formula is C17H24ClN7. The van der Waals surface area contributed by atoms with Crippen molar-refractivity contribution in [3.8, 4) is 0 Å². The summed E-state index contributed by atoms with van der Waals surface area (Å²) in [5.74, 6) is 1.34. The van der Waals surface area contributed by atoms with Gasteiger partial charge in [0.05, 0.1) is 6.54 Å². The van der Waals surface area contributed by atoms with Crippen LogP contribution in [0.3, 0.4) is 0 Å². The molecule has 2 aromatic rings. The van der Waals surface area contributed by atoms with E-state index in [1.54, 1.807) is 0 Å². The van der Waals surface area contributed by atoms with Gasteiger partial charge in [0.2, 0.25) is 11.9 Å². The van der Waals surface area contributed by atoms with Gasteiger partial charge < -0.3 is 16.0 Å². The van der Waals surface area contributed by atoms with E-state index in [1.165, 1.54) is 0 Å². The van der Waals surface area contributed by atoms with Gasteiger partial charge in [0.25, 0.3) is 0 Å². The maximum absolute atomic E-state index is 6.17. The fourth-order valence-electron chi connectivity index (χ4n) is 2.83. The molecule has 8 heteroatoms. The van der Waals surface area contributed by atoms with Crippen LogP contribution >= 0.6 is 11.6 Å².